The first kappa shape index (κ1) is 18.4. The van der Waals surface area contributed by atoms with Gasteiger partial charge in [-0.3, -0.25) is 4.79 Å². The Labute approximate surface area is 166 Å². The Morgan fingerprint density at radius 2 is 1.66 bits per heavy atom. The molecule has 3 aromatic carbocycles. The first-order valence-corrected chi connectivity index (χ1v) is 8.79. The van der Waals surface area contributed by atoms with E-state index in [-0.39, 0.29) is 23.2 Å². The molecule has 0 saturated carbocycles. The number of halogens is 1. The Morgan fingerprint density at radius 3 is 2.38 bits per heavy atom. The summed E-state index contributed by atoms with van der Waals surface area (Å²) in [5.41, 5.74) is 1.64. The Bertz CT molecular complexity index is 1160. The summed E-state index contributed by atoms with van der Waals surface area (Å²) >= 11 is 0. The van der Waals surface area contributed by atoms with Crippen molar-refractivity contribution in [2.75, 3.05) is 12.4 Å². The van der Waals surface area contributed by atoms with Crippen molar-refractivity contribution < 1.29 is 18.4 Å². The monoisotopic (exact) mass is 389 g/mol. The van der Waals surface area contributed by atoms with Crippen molar-refractivity contribution in [3.63, 3.8) is 0 Å². The molecule has 1 heterocycles. The van der Waals surface area contributed by atoms with Gasteiger partial charge in [-0.05, 0) is 48.5 Å². The predicted octanol–water partition coefficient (Wildman–Crippen LogP) is 4.80. The minimum Gasteiger partial charge on any atom is -0.497 e. The van der Waals surface area contributed by atoms with E-state index in [0.717, 1.165) is 0 Å². The van der Waals surface area contributed by atoms with Crippen molar-refractivity contribution in [3.05, 3.63) is 84.2 Å². The average Bonchev–Trinajstić information content (AvgIpc) is 3.24. The number of anilines is 1. The largest absolute Gasteiger partial charge is 0.497 e. The number of hydrogen-bond acceptors (Lipinski definition) is 5. The lowest BCUT2D eigenvalue weighted by molar-refractivity contribution is 0.102. The van der Waals surface area contributed by atoms with Crippen molar-refractivity contribution in [3.8, 4) is 28.6 Å². The molecule has 1 aromatic heterocycles. The molecule has 144 valence electrons. The zero-order valence-corrected chi connectivity index (χ0v) is 15.4. The standard InChI is InChI=1S/C22H16FN3O3/c1-28-15-12-10-14(11-13-15)24-21(27)16-6-2-3-7-17(16)22-25-20(26-29-22)18-8-4-5-9-19(18)23/h2-13H,1H3,(H,24,27). The van der Waals surface area contributed by atoms with Crippen LogP contribution in [0, 0.1) is 5.82 Å². The van der Waals surface area contributed by atoms with Crippen LogP contribution in [0.3, 0.4) is 0 Å². The molecule has 0 aliphatic carbocycles. The molecule has 0 aliphatic heterocycles. The van der Waals surface area contributed by atoms with E-state index in [9.17, 15) is 9.18 Å². The summed E-state index contributed by atoms with van der Waals surface area (Å²) in [6, 6.07) is 20.0. The van der Waals surface area contributed by atoms with Crippen LogP contribution in [0.5, 0.6) is 5.75 Å². The number of amides is 1. The number of nitrogens with one attached hydrogen (secondary N) is 1. The molecule has 4 rings (SSSR count). The number of benzene rings is 3. The van der Waals surface area contributed by atoms with Crippen molar-refractivity contribution in [2.24, 2.45) is 0 Å². The Hall–Kier alpha value is -4.00. The molecule has 0 bridgehead atoms. The summed E-state index contributed by atoms with van der Waals surface area (Å²) in [5.74, 6) is 0.143. The topological polar surface area (TPSA) is 77.2 Å². The summed E-state index contributed by atoms with van der Waals surface area (Å²) in [6.45, 7) is 0. The summed E-state index contributed by atoms with van der Waals surface area (Å²) in [6.07, 6.45) is 0. The molecule has 6 nitrogen and oxygen atoms in total. The molecule has 0 radical (unpaired) electrons. The van der Waals surface area contributed by atoms with Gasteiger partial charge in [0.1, 0.15) is 11.6 Å². The number of nitrogens with zero attached hydrogens (tertiary/aromatic N) is 2. The van der Waals surface area contributed by atoms with Crippen molar-refractivity contribution in [1.82, 2.24) is 10.1 Å². The van der Waals surface area contributed by atoms with Gasteiger partial charge in [-0.25, -0.2) is 4.39 Å². The van der Waals surface area contributed by atoms with Crippen LogP contribution in [0.15, 0.2) is 77.3 Å². The summed E-state index contributed by atoms with van der Waals surface area (Å²) in [7, 11) is 1.57. The smallest absolute Gasteiger partial charge is 0.259 e. The number of carbonyl (C=O) groups is 1. The van der Waals surface area contributed by atoms with Crippen LogP contribution < -0.4 is 10.1 Å². The van der Waals surface area contributed by atoms with E-state index in [4.69, 9.17) is 9.26 Å². The van der Waals surface area contributed by atoms with Gasteiger partial charge in [0.05, 0.1) is 23.8 Å². The highest BCUT2D eigenvalue weighted by Gasteiger charge is 2.19. The van der Waals surface area contributed by atoms with E-state index in [1.807, 2.05) is 0 Å². The number of aromatic nitrogens is 2. The second-order valence-electron chi connectivity index (χ2n) is 6.13. The molecule has 4 aromatic rings. The zero-order chi connectivity index (χ0) is 20.2. The highest BCUT2D eigenvalue weighted by Crippen LogP contribution is 2.27. The second kappa shape index (κ2) is 7.93. The lowest BCUT2D eigenvalue weighted by atomic mass is 10.1. The molecule has 0 saturated heterocycles. The molecule has 1 amide bonds. The third-order valence-electron chi connectivity index (χ3n) is 4.29. The Kier molecular flexibility index (Phi) is 5.03. The fraction of sp³-hybridized carbons (Fsp3) is 0.0455. The number of hydrogen-bond donors (Lipinski definition) is 1. The van der Waals surface area contributed by atoms with Gasteiger partial charge in [-0.1, -0.05) is 29.4 Å². The average molecular weight is 389 g/mol. The number of ether oxygens (including phenoxy) is 1. The molecule has 0 spiro atoms. The van der Waals surface area contributed by atoms with Gasteiger partial charge in [-0.2, -0.15) is 4.98 Å². The number of rotatable bonds is 5. The normalized spacial score (nSPS) is 10.6. The molecule has 1 N–H and O–H groups in total. The predicted molar refractivity (Wildman–Crippen MR) is 106 cm³/mol. The van der Waals surface area contributed by atoms with Crippen LogP contribution in [0.4, 0.5) is 10.1 Å². The van der Waals surface area contributed by atoms with E-state index in [1.54, 1.807) is 73.8 Å². The van der Waals surface area contributed by atoms with E-state index in [2.05, 4.69) is 15.5 Å². The molecule has 7 heteroatoms. The molecule has 0 aliphatic rings. The minimum atomic E-state index is -0.453. The maximum absolute atomic E-state index is 14.0. The molecule has 0 fully saturated rings. The molecular formula is C22H16FN3O3. The first-order valence-electron chi connectivity index (χ1n) is 8.79. The van der Waals surface area contributed by atoms with Crippen LogP contribution >= 0.6 is 0 Å². The van der Waals surface area contributed by atoms with E-state index in [1.165, 1.54) is 6.07 Å². The van der Waals surface area contributed by atoms with Gasteiger partial charge in [-0.15, -0.1) is 0 Å². The van der Waals surface area contributed by atoms with Crippen LogP contribution in [0.25, 0.3) is 22.8 Å². The maximum atomic E-state index is 14.0. The summed E-state index contributed by atoms with van der Waals surface area (Å²) in [4.78, 5) is 17.1. The third kappa shape index (κ3) is 3.84. The first-order chi connectivity index (χ1) is 14.2. The van der Waals surface area contributed by atoms with Gasteiger partial charge in [0, 0.05) is 5.69 Å². The quantitative estimate of drug-likeness (QED) is 0.530. The number of carbonyl (C=O) groups excluding carboxylic acids is 1. The fourth-order valence-electron chi connectivity index (χ4n) is 2.83. The summed E-state index contributed by atoms with van der Waals surface area (Å²) in [5, 5.41) is 6.68. The van der Waals surface area contributed by atoms with Crippen LogP contribution in [0.2, 0.25) is 0 Å². The zero-order valence-electron chi connectivity index (χ0n) is 15.4. The molecule has 0 unspecified atom stereocenters. The van der Waals surface area contributed by atoms with Crippen molar-refractivity contribution in [1.29, 1.82) is 0 Å². The second-order valence-corrected chi connectivity index (χ2v) is 6.13. The van der Waals surface area contributed by atoms with Gasteiger partial charge in [0.15, 0.2) is 0 Å². The molecule has 29 heavy (non-hydrogen) atoms. The van der Waals surface area contributed by atoms with Crippen molar-refractivity contribution in [2.45, 2.75) is 0 Å². The Morgan fingerprint density at radius 1 is 0.966 bits per heavy atom. The minimum absolute atomic E-state index is 0.114. The van der Waals surface area contributed by atoms with E-state index in [0.29, 0.717) is 22.6 Å². The van der Waals surface area contributed by atoms with Gasteiger partial charge in [0.2, 0.25) is 5.82 Å². The number of methoxy groups -OCH3 is 1. The molecule has 0 atom stereocenters. The van der Waals surface area contributed by atoms with Gasteiger partial charge >= 0.3 is 0 Å². The van der Waals surface area contributed by atoms with Gasteiger partial charge in [0.25, 0.3) is 11.8 Å². The molecular weight excluding hydrogens is 373 g/mol. The lowest BCUT2D eigenvalue weighted by Crippen LogP contribution is -2.13. The third-order valence-corrected chi connectivity index (χ3v) is 4.29. The Balaban J connectivity index is 1.63. The van der Waals surface area contributed by atoms with E-state index < -0.39 is 5.82 Å². The lowest BCUT2D eigenvalue weighted by Gasteiger charge is -2.08. The summed E-state index contributed by atoms with van der Waals surface area (Å²) < 4.78 is 24.4. The van der Waals surface area contributed by atoms with Crippen LogP contribution in [-0.4, -0.2) is 23.2 Å². The van der Waals surface area contributed by atoms with E-state index >= 15 is 0 Å². The fourth-order valence-corrected chi connectivity index (χ4v) is 2.83. The van der Waals surface area contributed by atoms with Gasteiger partial charge < -0.3 is 14.6 Å². The maximum Gasteiger partial charge on any atom is 0.259 e. The van der Waals surface area contributed by atoms with Crippen LogP contribution in [-0.2, 0) is 0 Å². The highest BCUT2D eigenvalue weighted by atomic mass is 19.1. The van der Waals surface area contributed by atoms with Crippen LogP contribution in [0.1, 0.15) is 10.4 Å². The SMILES string of the molecule is COc1ccc(NC(=O)c2ccccc2-c2nc(-c3ccccc3F)no2)cc1. The van der Waals surface area contributed by atoms with Crippen molar-refractivity contribution >= 4 is 11.6 Å². The highest BCUT2D eigenvalue weighted by molar-refractivity contribution is 6.08.